The van der Waals surface area contributed by atoms with E-state index in [1.54, 1.807) is 56.3 Å². The maximum absolute atomic E-state index is 13.9. The van der Waals surface area contributed by atoms with Gasteiger partial charge in [0.15, 0.2) is 5.41 Å². The first kappa shape index (κ1) is 24.7. The topological polar surface area (TPSA) is 90.9 Å². The molecule has 0 amide bonds. The molecule has 2 fully saturated rings. The molecule has 1 spiro atoms. The molecule has 180 valence electrons. The van der Waals surface area contributed by atoms with Crippen molar-refractivity contribution < 1.29 is 28.6 Å². The molecule has 34 heavy (non-hydrogen) atoms. The van der Waals surface area contributed by atoms with Crippen LogP contribution in [0.5, 0.6) is 0 Å². The van der Waals surface area contributed by atoms with E-state index in [0.717, 1.165) is 4.47 Å². The summed E-state index contributed by atoms with van der Waals surface area (Å²) < 4.78 is 17.2. The van der Waals surface area contributed by atoms with E-state index in [9.17, 15) is 14.4 Å². The van der Waals surface area contributed by atoms with Gasteiger partial charge in [-0.3, -0.25) is 19.7 Å². The smallest absolute Gasteiger partial charge is 0.327 e. The molecule has 1 N–H and O–H groups in total. The second-order valence-corrected chi connectivity index (χ2v) is 9.64. The first-order valence-corrected chi connectivity index (χ1v) is 12.3. The van der Waals surface area contributed by atoms with Crippen LogP contribution in [-0.2, 0) is 28.6 Å². The molecular formula is C25H25BrClNO6. The molecule has 0 saturated carbocycles. The summed E-state index contributed by atoms with van der Waals surface area (Å²) in [7, 11) is 0. The number of hydrogen-bond donors (Lipinski definition) is 1. The fraction of sp³-hybridized carbons (Fsp3) is 0.400. The molecule has 7 nitrogen and oxygen atoms in total. The predicted octanol–water partition coefficient (Wildman–Crippen LogP) is 4.33. The Bertz CT molecular complexity index is 1090. The van der Waals surface area contributed by atoms with Crippen molar-refractivity contribution >= 4 is 45.4 Å². The number of carbonyl (C=O) groups excluding carboxylic acids is 3. The largest absolute Gasteiger partial charge is 0.465 e. The highest BCUT2D eigenvalue weighted by Gasteiger charge is 2.75. The number of ether oxygens (including phenoxy) is 3. The van der Waals surface area contributed by atoms with Crippen molar-refractivity contribution in [1.82, 2.24) is 5.32 Å². The van der Waals surface area contributed by atoms with Gasteiger partial charge in [0.2, 0.25) is 0 Å². The average Bonchev–Trinajstić information content (AvgIpc) is 3.33. The van der Waals surface area contributed by atoms with Crippen LogP contribution < -0.4 is 5.32 Å². The molecule has 0 radical (unpaired) electrons. The standard InChI is InChI=1S/C25H25BrClNO6/c1-3-32-22(30)25(23(31)33-4-2)19(16-6-5-7-17(26)14-16)24(12-13-34-21(24)29)28-20(25)15-8-10-18(27)11-9-15/h5-11,14,19-20,28H,3-4,12-13H2,1-2H3/t19?,20-,24-/m0/s1. The zero-order valence-electron chi connectivity index (χ0n) is 18.8. The van der Waals surface area contributed by atoms with E-state index < -0.39 is 40.8 Å². The van der Waals surface area contributed by atoms with Gasteiger partial charge in [-0.1, -0.05) is 51.8 Å². The number of nitrogens with one attached hydrogen (secondary N) is 1. The van der Waals surface area contributed by atoms with Crippen molar-refractivity contribution in [3.05, 3.63) is 69.2 Å². The summed E-state index contributed by atoms with van der Waals surface area (Å²) in [6.07, 6.45) is 0.271. The molecule has 2 aromatic rings. The van der Waals surface area contributed by atoms with Gasteiger partial charge in [-0.2, -0.15) is 0 Å². The molecule has 1 unspecified atom stereocenters. The minimum absolute atomic E-state index is 0.0516. The molecule has 0 aromatic heterocycles. The predicted molar refractivity (Wildman–Crippen MR) is 128 cm³/mol. The van der Waals surface area contributed by atoms with Gasteiger partial charge < -0.3 is 14.2 Å². The SMILES string of the molecule is CCOC(=O)C1(C(=O)OCC)C(c2cccc(Br)c2)[C@]2(CCOC2=O)N[C@H]1c1ccc(Cl)cc1. The maximum atomic E-state index is 13.9. The van der Waals surface area contributed by atoms with Gasteiger partial charge in [-0.15, -0.1) is 0 Å². The van der Waals surface area contributed by atoms with Crippen LogP contribution in [-0.4, -0.2) is 43.3 Å². The average molecular weight is 551 g/mol. The Hall–Kier alpha value is -2.42. The zero-order chi connectivity index (χ0) is 24.5. The Balaban J connectivity index is 2.06. The molecule has 0 bridgehead atoms. The summed E-state index contributed by atoms with van der Waals surface area (Å²) in [6, 6.07) is 13.1. The number of esters is 3. The third-order valence-corrected chi connectivity index (χ3v) is 7.26. The zero-order valence-corrected chi connectivity index (χ0v) is 21.1. The van der Waals surface area contributed by atoms with E-state index in [1.807, 2.05) is 6.07 Å². The normalized spacial score (nSPS) is 25.2. The third kappa shape index (κ3) is 3.82. The second kappa shape index (κ2) is 9.68. The first-order valence-electron chi connectivity index (χ1n) is 11.1. The summed E-state index contributed by atoms with van der Waals surface area (Å²) in [4.78, 5) is 41.1. The van der Waals surface area contributed by atoms with E-state index in [4.69, 9.17) is 25.8 Å². The fourth-order valence-electron chi connectivity index (χ4n) is 5.23. The van der Waals surface area contributed by atoms with Gasteiger partial charge in [-0.05, 0) is 49.2 Å². The number of hydrogen-bond acceptors (Lipinski definition) is 7. The van der Waals surface area contributed by atoms with E-state index in [0.29, 0.717) is 16.1 Å². The van der Waals surface area contributed by atoms with Crippen LogP contribution in [0.4, 0.5) is 0 Å². The maximum Gasteiger partial charge on any atom is 0.327 e. The minimum atomic E-state index is -1.90. The highest BCUT2D eigenvalue weighted by molar-refractivity contribution is 9.10. The van der Waals surface area contributed by atoms with Crippen LogP contribution in [0.2, 0.25) is 5.02 Å². The van der Waals surface area contributed by atoms with Crippen molar-refractivity contribution in [2.75, 3.05) is 19.8 Å². The third-order valence-electron chi connectivity index (χ3n) is 6.51. The number of halogens is 2. The minimum Gasteiger partial charge on any atom is -0.465 e. The Morgan fingerprint density at radius 1 is 1.09 bits per heavy atom. The molecule has 2 saturated heterocycles. The van der Waals surface area contributed by atoms with Crippen LogP contribution in [0.1, 0.15) is 43.4 Å². The first-order chi connectivity index (χ1) is 16.3. The summed E-state index contributed by atoms with van der Waals surface area (Å²) in [5, 5.41) is 3.85. The van der Waals surface area contributed by atoms with Crippen LogP contribution >= 0.6 is 27.5 Å². The lowest BCUT2D eigenvalue weighted by atomic mass is 9.62. The highest BCUT2D eigenvalue weighted by atomic mass is 79.9. The summed E-state index contributed by atoms with van der Waals surface area (Å²) >= 11 is 9.60. The lowest BCUT2D eigenvalue weighted by molar-refractivity contribution is -0.175. The molecule has 2 heterocycles. The van der Waals surface area contributed by atoms with Gasteiger partial charge in [-0.25, -0.2) is 0 Å². The lowest BCUT2D eigenvalue weighted by Crippen LogP contribution is -2.52. The van der Waals surface area contributed by atoms with Crippen LogP contribution in [0.3, 0.4) is 0 Å². The van der Waals surface area contributed by atoms with Crippen molar-refractivity contribution in [3.63, 3.8) is 0 Å². The van der Waals surface area contributed by atoms with E-state index in [-0.39, 0.29) is 26.2 Å². The van der Waals surface area contributed by atoms with Gasteiger partial charge in [0, 0.05) is 21.8 Å². The van der Waals surface area contributed by atoms with Crippen molar-refractivity contribution in [3.8, 4) is 0 Å². The van der Waals surface area contributed by atoms with Crippen molar-refractivity contribution in [1.29, 1.82) is 0 Å². The summed E-state index contributed by atoms with van der Waals surface area (Å²) in [6.45, 7) is 3.60. The van der Waals surface area contributed by atoms with Crippen molar-refractivity contribution in [2.45, 2.75) is 37.8 Å². The lowest BCUT2D eigenvalue weighted by Gasteiger charge is -2.37. The quantitative estimate of drug-likeness (QED) is 0.325. The fourth-order valence-corrected chi connectivity index (χ4v) is 5.77. The van der Waals surface area contributed by atoms with Crippen LogP contribution in [0, 0.1) is 5.41 Å². The molecule has 0 aliphatic carbocycles. The molecule has 2 aromatic carbocycles. The van der Waals surface area contributed by atoms with E-state index in [2.05, 4.69) is 21.2 Å². The molecule has 2 aliphatic heterocycles. The molecular weight excluding hydrogens is 526 g/mol. The van der Waals surface area contributed by atoms with Crippen molar-refractivity contribution in [2.24, 2.45) is 5.41 Å². The molecule has 3 atom stereocenters. The Kier molecular flexibility index (Phi) is 7.03. The number of rotatable bonds is 6. The summed E-state index contributed by atoms with van der Waals surface area (Å²) in [5.74, 6) is -3.00. The van der Waals surface area contributed by atoms with E-state index >= 15 is 0 Å². The Morgan fingerprint density at radius 2 is 1.74 bits per heavy atom. The number of cyclic esters (lactones) is 1. The van der Waals surface area contributed by atoms with Gasteiger partial charge in [0.25, 0.3) is 0 Å². The highest BCUT2D eigenvalue weighted by Crippen LogP contribution is 2.61. The molecule has 2 aliphatic rings. The second-order valence-electron chi connectivity index (χ2n) is 8.28. The summed E-state index contributed by atoms with van der Waals surface area (Å²) in [5.41, 5.74) is -2.03. The number of carbonyl (C=O) groups is 3. The molecule has 9 heteroatoms. The Morgan fingerprint density at radius 3 is 2.26 bits per heavy atom. The monoisotopic (exact) mass is 549 g/mol. The Labute approximate surface area is 211 Å². The number of benzene rings is 2. The van der Waals surface area contributed by atoms with Gasteiger partial charge in [0.05, 0.1) is 25.9 Å². The van der Waals surface area contributed by atoms with E-state index in [1.165, 1.54) is 0 Å². The van der Waals surface area contributed by atoms with Crippen LogP contribution in [0.25, 0.3) is 0 Å². The van der Waals surface area contributed by atoms with Gasteiger partial charge >= 0.3 is 17.9 Å². The van der Waals surface area contributed by atoms with Gasteiger partial charge in [0.1, 0.15) is 5.54 Å². The van der Waals surface area contributed by atoms with Crippen LogP contribution in [0.15, 0.2) is 53.0 Å². The molecule has 4 rings (SSSR count).